The van der Waals surface area contributed by atoms with Gasteiger partial charge in [0.1, 0.15) is 5.82 Å². The number of aromatic nitrogens is 1. The number of rotatable bonds is 7. The summed E-state index contributed by atoms with van der Waals surface area (Å²) in [7, 11) is 0. The molecule has 0 saturated carbocycles. The lowest BCUT2D eigenvalue weighted by Crippen LogP contribution is -2.39. The Labute approximate surface area is 179 Å². The fourth-order valence-electron chi connectivity index (χ4n) is 3.47. The summed E-state index contributed by atoms with van der Waals surface area (Å²) in [5.41, 5.74) is 8.24. The summed E-state index contributed by atoms with van der Waals surface area (Å²) in [4.78, 5) is 14.1. The molecule has 2 saturated heterocycles. The van der Waals surface area contributed by atoms with Gasteiger partial charge in [-0.3, -0.25) is 4.90 Å². The predicted octanol–water partition coefficient (Wildman–Crippen LogP) is 1.73. The van der Waals surface area contributed by atoms with Crippen LogP contribution >= 0.6 is 24.0 Å². The molecular weight excluding hydrogens is 455 g/mol. The number of guanidine groups is 1. The monoisotopic (exact) mass is 488 g/mol. The molecule has 0 bridgehead atoms. The summed E-state index contributed by atoms with van der Waals surface area (Å²) in [6.45, 7) is 10.5. The lowest BCUT2D eigenvalue weighted by atomic mass is 10.2. The Morgan fingerprint density at radius 2 is 1.96 bits per heavy atom. The summed E-state index contributed by atoms with van der Waals surface area (Å²) >= 11 is 0. The average Bonchev–Trinajstić information content (AvgIpc) is 3.19. The van der Waals surface area contributed by atoms with Gasteiger partial charge in [-0.25, -0.2) is 9.98 Å². The molecule has 27 heavy (non-hydrogen) atoms. The molecule has 0 unspecified atom stereocenters. The van der Waals surface area contributed by atoms with Crippen LogP contribution in [-0.4, -0.2) is 68.3 Å². The van der Waals surface area contributed by atoms with E-state index in [9.17, 15) is 0 Å². The fourth-order valence-corrected chi connectivity index (χ4v) is 3.47. The second-order valence-corrected chi connectivity index (χ2v) is 7.07. The van der Waals surface area contributed by atoms with E-state index in [4.69, 9.17) is 15.5 Å². The number of nitrogens with two attached hydrogens (primary N) is 1. The van der Waals surface area contributed by atoms with Crippen molar-refractivity contribution < 1.29 is 4.74 Å². The van der Waals surface area contributed by atoms with Crippen LogP contribution in [-0.2, 0) is 11.3 Å². The van der Waals surface area contributed by atoms with E-state index in [2.05, 4.69) is 32.2 Å². The van der Waals surface area contributed by atoms with Gasteiger partial charge in [0.25, 0.3) is 0 Å². The lowest BCUT2D eigenvalue weighted by Gasteiger charge is -2.26. The molecule has 8 heteroatoms. The molecule has 0 aliphatic carbocycles. The molecule has 0 radical (unpaired) electrons. The molecule has 152 valence electrons. The SMILES string of the molecule is Cc1ccc(CN=C(N)NCCCN2CCOCC2)c(N2CCCC2)n1.I. The maximum absolute atomic E-state index is 6.05. The Bertz CT molecular complexity index is 600. The van der Waals surface area contributed by atoms with Crippen molar-refractivity contribution in [2.75, 3.05) is 57.4 Å². The van der Waals surface area contributed by atoms with Crippen LogP contribution in [0.4, 0.5) is 5.82 Å². The van der Waals surface area contributed by atoms with Crippen LogP contribution in [0, 0.1) is 6.92 Å². The Morgan fingerprint density at radius 3 is 2.70 bits per heavy atom. The Kier molecular flexibility index (Phi) is 9.57. The van der Waals surface area contributed by atoms with Gasteiger partial charge in [0.2, 0.25) is 0 Å². The van der Waals surface area contributed by atoms with Gasteiger partial charge in [0.05, 0.1) is 19.8 Å². The number of anilines is 1. The van der Waals surface area contributed by atoms with Crippen molar-refractivity contribution in [3.63, 3.8) is 0 Å². The van der Waals surface area contributed by atoms with Gasteiger partial charge in [-0.15, -0.1) is 24.0 Å². The minimum Gasteiger partial charge on any atom is -0.379 e. The van der Waals surface area contributed by atoms with E-state index in [0.717, 1.165) is 76.0 Å². The topological polar surface area (TPSA) is 79.0 Å². The molecule has 7 nitrogen and oxygen atoms in total. The smallest absolute Gasteiger partial charge is 0.188 e. The van der Waals surface area contributed by atoms with Gasteiger partial charge >= 0.3 is 0 Å². The Balaban J connectivity index is 0.00000261. The number of pyridine rings is 1. The van der Waals surface area contributed by atoms with Gasteiger partial charge < -0.3 is 20.7 Å². The molecule has 2 aliphatic rings. The number of aryl methyl sites for hydroxylation is 1. The molecule has 3 heterocycles. The van der Waals surface area contributed by atoms with Crippen molar-refractivity contribution in [3.05, 3.63) is 23.4 Å². The van der Waals surface area contributed by atoms with Gasteiger partial charge in [-0.1, -0.05) is 6.07 Å². The molecule has 0 amide bonds. The molecule has 3 rings (SSSR count). The van der Waals surface area contributed by atoms with Crippen LogP contribution in [0.5, 0.6) is 0 Å². The van der Waals surface area contributed by atoms with E-state index in [1.54, 1.807) is 0 Å². The van der Waals surface area contributed by atoms with Crippen LogP contribution in [0.25, 0.3) is 0 Å². The highest BCUT2D eigenvalue weighted by atomic mass is 127. The number of ether oxygens (including phenoxy) is 1. The first-order valence-corrected chi connectivity index (χ1v) is 9.78. The maximum Gasteiger partial charge on any atom is 0.188 e. The predicted molar refractivity (Wildman–Crippen MR) is 121 cm³/mol. The van der Waals surface area contributed by atoms with Crippen molar-refractivity contribution in [1.29, 1.82) is 0 Å². The third-order valence-electron chi connectivity index (χ3n) is 4.98. The minimum atomic E-state index is 0. The second-order valence-electron chi connectivity index (χ2n) is 7.07. The maximum atomic E-state index is 6.05. The van der Waals surface area contributed by atoms with Gasteiger partial charge in [0.15, 0.2) is 5.96 Å². The van der Waals surface area contributed by atoms with Gasteiger partial charge in [-0.05, 0) is 38.8 Å². The molecule has 1 aromatic rings. The highest BCUT2D eigenvalue weighted by Crippen LogP contribution is 2.23. The molecule has 2 fully saturated rings. The number of hydrogen-bond donors (Lipinski definition) is 2. The molecule has 2 aliphatic heterocycles. The molecule has 1 aromatic heterocycles. The van der Waals surface area contributed by atoms with E-state index in [0.29, 0.717) is 12.5 Å². The first-order valence-electron chi connectivity index (χ1n) is 9.78. The van der Waals surface area contributed by atoms with Crippen molar-refractivity contribution in [3.8, 4) is 0 Å². The van der Waals surface area contributed by atoms with Gasteiger partial charge in [0, 0.05) is 44.0 Å². The van der Waals surface area contributed by atoms with Gasteiger partial charge in [-0.2, -0.15) is 0 Å². The van der Waals surface area contributed by atoms with Crippen molar-refractivity contribution in [1.82, 2.24) is 15.2 Å². The number of aliphatic imine (C=N–C) groups is 1. The number of halogens is 1. The number of morpholine rings is 1. The third-order valence-corrected chi connectivity index (χ3v) is 4.98. The van der Waals surface area contributed by atoms with Crippen LogP contribution in [0.2, 0.25) is 0 Å². The van der Waals surface area contributed by atoms with E-state index in [1.165, 1.54) is 12.8 Å². The zero-order valence-electron chi connectivity index (χ0n) is 16.3. The number of hydrogen-bond acceptors (Lipinski definition) is 5. The largest absolute Gasteiger partial charge is 0.379 e. The lowest BCUT2D eigenvalue weighted by molar-refractivity contribution is 0.0376. The highest BCUT2D eigenvalue weighted by molar-refractivity contribution is 14.0. The molecular formula is C19H33IN6O. The van der Waals surface area contributed by atoms with Crippen molar-refractivity contribution >= 4 is 35.8 Å². The summed E-state index contributed by atoms with van der Waals surface area (Å²) in [5.74, 6) is 1.59. The summed E-state index contributed by atoms with van der Waals surface area (Å²) in [6.07, 6.45) is 3.54. The number of nitrogens with zero attached hydrogens (tertiary/aromatic N) is 4. The third kappa shape index (κ3) is 7.08. The normalized spacial score (nSPS) is 18.4. The van der Waals surface area contributed by atoms with Crippen molar-refractivity contribution in [2.45, 2.75) is 32.7 Å². The first kappa shape index (κ1) is 22.2. The second kappa shape index (κ2) is 11.7. The molecule has 0 spiro atoms. The molecule has 0 atom stereocenters. The zero-order chi connectivity index (χ0) is 18.2. The highest BCUT2D eigenvalue weighted by Gasteiger charge is 2.17. The van der Waals surface area contributed by atoms with Crippen molar-refractivity contribution in [2.24, 2.45) is 10.7 Å². The zero-order valence-corrected chi connectivity index (χ0v) is 18.7. The Hall–Kier alpha value is -1.13. The van der Waals surface area contributed by atoms with Crippen LogP contribution in [0.3, 0.4) is 0 Å². The summed E-state index contributed by atoms with van der Waals surface area (Å²) in [5, 5.41) is 3.23. The van der Waals surface area contributed by atoms with Crippen LogP contribution < -0.4 is 16.0 Å². The minimum absolute atomic E-state index is 0. The first-order chi connectivity index (χ1) is 12.7. The molecule has 3 N–H and O–H groups in total. The summed E-state index contributed by atoms with van der Waals surface area (Å²) in [6, 6.07) is 4.18. The van der Waals surface area contributed by atoms with E-state index in [1.807, 2.05) is 6.92 Å². The van der Waals surface area contributed by atoms with E-state index in [-0.39, 0.29) is 24.0 Å². The Morgan fingerprint density at radius 1 is 1.22 bits per heavy atom. The van der Waals surface area contributed by atoms with E-state index < -0.39 is 0 Å². The number of nitrogens with one attached hydrogen (secondary N) is 1. The average molecular weight is 488 g/mol. The van der Waals surface area contributed by atoms with Crippen LogP contribution in [0.15, 0.2) is 17.1 Å². The standard InChI is InChI=1S/C19H32N6O.HI/c1-16-5-6-17(18(23-16)25-9-2-3-10-25)15-22-19(20)21-7-4-8-24-11-13-26-14-12-24;/h5-6H,2-4,7-15H2,1H3,(H3,20,21,22);1H. The van der Waals surface area contributed by atoms with Crippen LogP contribution in [0.1, 0.15) is 30.5 Å². The quantitative estimate of drug-likeness (QED) is 0.264. The fraction of sp³-hybridized carbons (Fsp3) is 0.684. The van der Waals surface area contributed by atoms with E-state index >= 15 is 0 Å². The molecule has 0 aromatic carbocycles. The summed E-state index contributed by atoms with van der Waals surface area (Å²) < 4.78 is 5.37.